The van der Waals surface area contributed by atoms with Crippen molar-refractivity contribution >= 4 is 17.3 Å². The Bertz CT molecular complexity index is 305. The highest BCUT2D eigenvalue weighted by atomic mass is 32.1. The highest BCUT2D eigenvalue weighted by Crippen LogP contribution is 2.10. The molecular weight excluding hydrogens is 208 g/mol. The van der Waals surface area contributed by atoms with E-state index in [1.54, 1.807) is 11.3 Å². The molecule has 3 N–H and O–H groups in total. The van der Waals surface area contributed by atoms with E-state index in [4.69, 9.17) is 5.84 Å². The smallest absolute Gasteiger partial charge is 0.208 e. The zero-order chi connectivity index (χ0) is 11.3. The van der Waals surface area contributed by atoms with Gasteiger partial charge in [0.15, 0.2) is 0 Å². The van der Waals surface area contributed by atoms with Crippen molar-refractivity contribution in [2.75, 3.05) is 7.05 Å². The summed E-state index contributed by atoms with van der Waals surface area (Å²) in [6.45, 7) is 4.88. The average Bonchev–Trinajstić information content (AvgIpc) is 2.66. The Morgan fingerprint density at radius 2 is 2.40 bits per heavy atom. The summed E-state index contributed by atoms with van der Waals surface area (Å²) in [5.74, 6) is 6.15. The maximum Gasteiger partial charge on any atom is 0.208 e. The number of thiophene rings is 1. The number of guanidine groups is 1. The fourth-order valence-electron chi connectivity index (χ4n) is 1.20. The number of nitrogens with one attached hydrogen (secondary N) is 1. The molecule has 0 unspecified atom stereocenters. The Morgan fingerprint density at radius 1 is 1.67 bits per heavy atom. The van der Waals surface area contributed by atoms with Crippen LogP contribution in [0.15, 0.2) is 22.5 Å². The average molecular weight is 226 g/mol. The topological polar surface area (TPSA) is 53.6 Å². The zero-order valence-electron chi connectivity index (χ0n) is 9.40. The molecule has 0 aliphatic heterocycles. The first-order chi connectivity index (χ1) is 7.13. The molecular formula is C10H18N4S. The van der Waals surface area contributed by atoms with Crippen LogP contribution < -0.4 is 11.3 Å². The van der Waals surface area contributed by atoms with Gasteiger partial charge in [-0.1, -0.05) is 6.07 Å². The predicted octanol–water partition coefficient (Wildman–Crippen LogP) is 1.41. The third kappa shape index (κ3) is 3.89. The second-order valence-corrected chi connectivity index (χ2v) is 4.66. The van der Waals surface area contributed by atoms with Gasteiger partial charge in [0.05, 0.1) is 6.54 Å². The molecule has 5 heteroatoms. The molecule has 1 aromatic rings. The van der Waals surface area contributed by atoms with Gasteiger partial charge in [0, 0.05) is 18.0 Å². The Labute approximate surface area is 94.8 Å². The largest absolute Gasteiger partial charge is 0.340 e. The normalized spacial score (nSPS) is 11.9. The van der Waals surface area contributed by atoms with E-state index in [0.29, 0.717) is 0 Å². The highest BCUT2D eigenvalue weighted by molar-refractivity contribution is 7.09. The van der Waals surface area contributed by atoms with E-state index in [9.17, 15) is 0 Å². The van der Waals surface area contributed by atoms with Crippen molar-refractivity contribution in [3.05, 3.63) is 22.4 Å². The van der Waals surface area contributed by atoms with E-state index in [1.807, 2.05) is 31.9 Å². The number of nitrogens with zero attached hydrogens (tertiary/aromatic N) is 2. The second-order valence-electron chi connectivity index (χ2n) is 3.63. The molecule has 1 heterocycles. The molecule has 4 nitrogen and oxygen atoms in total. The molecule has 0 aliphatic rings. The fourth-order valence-corrected chi connectivity index (χ4v) is 1.96. The minimum atomic E-state index is 0.238. The lowest BCUT2D eigenvalue weighted by atomic mass is 10.4. The van der Waals surface area contributed by atoms with Gasteiger partial charge in [-0.3, -0.25) is 5.43 Å². The molecule has 0 amide bonds. The van der Waals surface area contributed by atoms with Gasteiger partial charge in [-0.2, -0.15) is 0 Å². The molecule has 0 atom stereocenters. The van der Waals surface area contributed by atoms with Crippen LogP contribution in [0.2, 0.25) is 0 Å². The number of rotatable bonds is 3. The Kier molecular flexibility index (Phi) is 4.58. The van der Waals surface area contributed by atoms with Gasteiger partial charge < -0.3 is 4.90 Å². The van der Waals surface area contributed by atoms with Crippen molar-refractivity contribution in [2.24, 2.45) is 10.8 Å². The summed E-state index contributed by atoms with van der Waals surface area (Å²) in [5.41, 5.74) is 2.63. The number of aliphatic imine (C=N–C) groups is 1. The van der Waals surface area contributed by atoms with Crippen LogP contribution in [-0.4, -0.2) is 23.9 Å². The second kappa shape index (κ2) is 5.72. The van der Waals surface area contributed by atoms with Crippen molar-refractivity contribution in [2.45, 2.75) is 26.4 Å². The summed E-state index contributed by atoms with van der Waals surface area (Å²) < 4.78 is 0. The lowest BCUT2D eigenvalue weighted by Crippen LogP contribution is -2.42. The van der Waals surface area contributed by atoms with Crippen molar-refractivity contribution in [1.82, 2.24) is 10.3 Å². The zero-order valence-corrected chi connectivity index (χ0v) is 10.2. The monoisotopic (exact) mass is 226 g/mol. The van der Waals surface area contributed by atoms with Crippen LogP contribution in [0.5, 0.6) is 0 Å². The van der Waals surface area contributed by atoms with Crippen molar-refractivity contribution in [3.63, 3.8) is 0 Å². The summed E-state index contributed by atoms with van der Waals surface area (Å²) in [6, 6.07) is 4.38. The number of hydrogen-bond donors (Lipinski definition) is 2. The number of hydrazine groups is 1. The minimum absolute atomic E-state index is 0.238. The van der Waals surface area contributed by atoms with E-state index >= 15 is 0 Å². The fraction of sp³-hybridized carbons (Fsp3) is 0.500. The van der Waals surface area contributed by atoms with Gasteiger partial charge in [0.25, 0.3) is 0 Å². The first-order valence-electron chi connectivity index (χ1n) is 4.91. The lowest BCUT2D eigenvalue weighted by Gasteiger charge is -2.20. The first-order valence-corrected chi connectivity index (χ1v) is 5.79. The summed E-state index contributed by atoms with van der Waals surface area (Å²) in [6.07, 6.45) is 0. The summed E-state index contributed by atoms with van der Waals surface area (Å²) in [7, 11) is 1.97. The van der Waals surface area contributed by atoms with Crippen LogP contribution >= 0.6 is 11.3 Å². The van der Waals surface area contributed by atoms with E-state index in [0.717, 1.165) is 12.5 Å². The summed E-state index contributed by atoms with van der Waals surface area (Å²) in [5, 5.41) is 2.07. The standard InChI is InChI=1S/C10H18N4S/c1-8(2)12-10(13-11)14(3)7-9-5-4-6-15-9/h4-6,8H,7,11H2,1-3H3,(H,12,13). The quantitative estimate of drug-likeness (QED) is 0.354. The molecule has 0 saturated heterocycles. The third-order valence-corrected chi connectivity index (χ3v) is 2.71. The van der Waals surface area contributed by atoms with Crippen LogP contribution in [0.4, 0.5) is 0 Å². The van der Waals surface area contributed by atoms with Gasteiger partial charge in [-0.25, -0.2) is 10.8 Å². The maximum atomic E-state index is 5.43. The van der Waals surface area contributed by atoms with E-state index in [1.165, 1.54) is 4.88 Å². The Morgan fingerprint density at radius 3 is 2.87 bits per heavy atom. The number of hydrogen-bond acceptors (Lipinski definition) is 3. The van der Waals surface area contributed by atoms with Gasteiger partial charge in [0.2, 0.25) is 5.96 Å². The van der Waals surface area contributed by atoms with Crippen LogP contribution in [0.25, 0.3) is 0 Å². The van der Waals surface area contributed by atoms with E-state index < -0.39 is 0 Å². The summed E-state index contributed by atoms with van der Waals surface area (Å²) in [4.78, 5) is 7.69. The van der Waals surface area contributed by atoms with Crippen LogP contribution in [0.3, 0.4) is 0 Å². The maximum absolute atomic E-state index is 5.43. The van der Waals surface area contributed by atoms with Crippen LogP contribution in [-0.2, 0) is 6.54 Å². The molecule has 0 aliphatic carbocycles. The molecule has 15 heavy (non-hydrogen) atoms. The highest BCUT2D eigenvalue weighted by Gasteiger charge is 2.06. The third-order valence-electron chi connectivity index (χ3n) is 1.84. The number of nitrogens with two attached hydrogens (primary N) is 1. The molecule has 0 saturated carbocycles. The molecule has 84 valence electrons. The Balaban J connectivity index is 2.61. The molecule has 0 bridgehead atoms. The molecule has 1 aromatic heterocycles. The van der Waals surface area contributed by atoms with Gasteiger partial charge in [-0.15, -0.1) is 11.3 Å². The summed E-state index contributed by atoms with van der Waals surface area (Å²) >= 11 is 1.73. The SMILES string of the molecule is CC(C)N=C(NN)N(C)Cc1cccs1. The lowest BCUT2D eigenvalue weighted by molar-refractivity contribution is 0.478. The first kappa shape index (κ1) is 12.0. The molecule has 1 rings (SSSR count). The van der Waals surface area contributed by atoms with Gasteiger partial charge in [-0.05, 0) is 25.3 Å². The van der Waals surface area contributed by atoms with Crippen molar-refractivity contribution in [3.8, 4) is 0 Å². The molecule has 0 aromatic carbocycles. The van der Waals surface area contributed by atoms with Crippen molar-refractivity contribution < 1.29 is 0 Å². The van der Waals surface area contributed by atoms with Crippen LogP contribution in [0.1, 0.15) is 18.7 Å². The van der Waals surface area contributed by atoms with E-state index in [2.05, 4.69) is 21.9 Å². The van der Waals surface area contributed by atoms with Gasteiger partial charge in [0.1, 0.15) is 0 Å². The van der Waals surface area contributed by atoms with Crippen LogP contribution in [0, 0.1) is 0 Å². The molecule has 0 radical (unpaired) electrons. The van der Waals surface area contributed by atoms with Crippen molar-refractivity contribution in [1.29, 1.82) is 0 Å². The molecule has 0 fully saturated rings. The van der Waals surface area contributed by atoms with E-state index in [-0.39, 0.29) is 6.04 Å². The van der Waals surface area contributed by atoms with Gasteiger partial charge >= 0.3 is 0 Å². The minimum Gasteiger partial charge on any atom is -0.340 e. The predicted molar refractivity (Wildman–Crippen MR) is 65.7 cm³/mol. The molecule has 0 spiro atoms. The Hall–Kier alpha value is -1.07.